The molecule has 0 aromatic heterocycles. The van der Waals surface area contributed by atoms with Gasteiger partial charge in [0.05, 0.1) is 0 Å². The minimum absolute atomic E-state index is 0.0651. The number of hydrogen-bond acceptors (Lipinski definition) is 3. The SMILES string of the molecule is CCc1cc(C(C)(C)C)cc(C(C)(C)C)c1OP(O)OC. The summed E-state index contributed by atoms with van der Waals surface area (Å²) in [6.45, 7) is 15.2. The summed E-state index contributed by atoms with van der Waals surface area (Å²) in [7, 11) is -0.422. The predicted octanol–water partition coefficient (Wildman–Crippen LogP) is 5.09. The van der Waals surface area contributed by atoms with Crippen LogP contribution >= 0.6 is 8.60 Å². The number of hydrogen-bond donors (Lipinski definition) is 1. The maximum atomic E-state index is 9.77. The summed E-state index contributed by atoms with van der Waals surface area (Å²) < 4.78 is 10.6. The molecule has 0 aliphatic heterocycles. The average Bonchev–Trinajstić information content (AvgIpc) is 2.35. The highest BCUT2D eigenvalue weighted by Gasteiger charge is 2.27. The fraction of sp³-hybridized carbons (Fsp3) is 0.647. The zero-order valence-electron chi connectivity index (χ0n) is 14.6. The Bertz CT molecular complexity index is 484. The maximum Gasteiger partial charge on any atom is 0.394 e. The summed E-state index contributed by atoms with van der Waals surface area (Å²) in [6, 6.07) is 4.39. The third-order valence-corrected chi connectivity index (χ3v) is 4.20. The third kappa shape index (κ3) is 4.67. The number of aryl methyl sites for hydroxylation is 1. The third-order valence-electron chi connectivity index (χ3n) is 3.55. The van der Waals surface area contributed by atoms with Gasteiger partial charge in [-0.05, 0) is 28.4 Å². The van der Waals surface area contributed by atoms with Crippen LogP contribution in [0, 0.1) is 0 Å². The molecule has 1 aromatic carbocycles. The maximum absolute atomic E-state index is 9.77. The van der Waals surface area contributed by atoms with Gasteiger partial charge in [0, 0.05) is 12.7 Å². The molecule has 0 amide bonds. The van der Waals surface area contributed by atoms with Gasteiger partial charge >= 0.3 is 8.60 Å². The van der Waals surface area contributed by atoms with Gasteiger partial charge in [-0.1, -0.05) is 60.6 Å². The molecule has 1 rings (SSSR count). The molecule has 0 fully saturated rings. The van der Waals surface area contributed by atoms with Gasteiger partial charge in [0.25, 0.3) is 0 Å². The van der Waals surface area contributed by atoms with Gasteiger partial charge in [-0.2, -0.15) is 0 Å². The second-order valence-corrected chi connectivity index (χ2v) is 8.40. The molecule has 21 heavy (non-hydrogen) atoms. The first kappa shape index (κ1) is 18.4. The standard InChI is InChI=1S/C17H29O3P/c1-9-12-10-13(16(2,3)4)11-14(17(5,6)7)15(12)20-21(18)19-8/h10-11,18H,9H2,1-8H3. The highest BCUT2D eigenvalue weighted by Crippen LogP contribution is 2.44. The van der Waals surface area contributed by atoms with E-state index in [1.165, 1.54) is 12.7 Å². The Labute approximate surface area is 130 Å². The predicted molar refractivity (Wildman–Crippen MR) is 90.0 cm³/mol. The van der Waals surface area contributed by atoms with E-state index in [9.17, 15) is 4.89 Å². The Morgan fingerprint density at radius 1 is 1.05 bits per heavy atom. The fourth-order valence-electron chi connectivity index (χ4n) is 2.16. The second-order valence-electron chi connectivity index (χ2n) is 7.38. The lowest BCUT2D eigenvalue weighted by atomic mass is 9.78. The first-order valence-corrected chi connectivity index (χ1v) is 8.52. The quantitative estimate of drug-likeness (QED) is 0.787. The Morgan fingerprint density at radius 2 is 1.62 bits per heavy atom. The van der Waals surface area contributed by atoms with Crippen molar-refractivity contribution in [3.05, 3.63) is 28.8 Å². The van der Waals surface area contributed by atoms with Crippen molar-refractivity contribution in [1.29, 1.82) is 0 Å². The van der Waals surface area contributed by atoms with Crippen LogP contribution in [0.1, 0.15) is 65.2 Å². The normalized spacial score (nSPS) is 14.1. The molecule has 1 atom stereocenters. The van der Waals surface area contributed by atoms with Gasteiger partial charge in [0.15, 0.2) is 0 Å². The molecule has 0 heterocycles. The van der Waals surface area contributed by atoms with E-state index in [1.807, 2.05) is 0 Å². The van der Waals surface area contributed by atoms with Crippen molar-refractivity contribution in [2.45, 2.75) is 65.7 Å². The van der Waals surface area contributed by atoms with Crippen molar-refractivity contribution in [3.8, 4) is 5.75 Å². The minimum atomic E-state index is -1.88. The Hall–Kier alpha value is -0.630. The summed E-state index contributed by atoms with van der Waals surface area (Å²) in [5.41, 5.74) is 3.53. The molecule has 120 valence electrons. The van der Waals surface area contributed by atoms with Gasteiger partial charge in [-0.3, -0.25) is 0 Å². The lowest BCUT2D eigenvalue weighted by Gasteiger charge is -2.29. The Morgan fingerprint density at radius 3 is 2.00 bits per heavy atom. The topological polar surface area (TPSA) is 38.7 Å². The van der Waals surface area contributed by atoms with E-state index in [0.717, 1.165) is 23.3 Å². The van der Waals surface area contributed by atoms with Gasteiger partial charge in [0.1, 0.15) is 5.75 Å². The largest absolute Gasteiger partial charge is 0.426 e. The smallest absolute Gasteiger partial charge is 0.394 e. The van der Waals surface area contributed by atoms with Crippen molar-refractivity contribution in [2.75, 3.05) is 7.11 Å². The van der Waals surface area contributed by atoms with E-state index in [4.69, 9.17) is 9.05 Å². The molecule has 3 nitrogen and oxygen atoms in total. The van der Waals surface area contributed by atoms with Crippen LogP contribution in [-0.4, -0.2) is 12.0 Å². The molecule has 0 aliphatic carbocycles. The van der Waals surface area contributed by atoms with E-state index >= 15 is 0 Å². The Balaban J connectivity index is 3.53. The molecule has 0 aliphatic rings. The lowest BCUT2D eigenvalue weighted by Crippen LogP contribution is -2.18. The van der Waals surface area contributed by atoms with Crippen LogP contribution in [0.4, 0.5) is 0 Å². The molecular formula is C17H29O3P. The highest BCUT2D eigenvalue weighted by atomic mass is 31.2. The van der Waals surface area contributed by atoms with Crippen molar-refractivity contribution >= 4 is 8.60 Å². The summed E-state index contributed by atoms with van der Waals surface area (Å²) in [6.07, 6.45) is 0.856. The van der Waals surface area contributed by atoms with E-state index < -0.39 is 8.60 Å². The first-order valence-electron chi connectivity index (χ1n) is 7.39. The van der Waals surface area contributed by atoms with E-state index in [2.05, 4.69) is 60.6 Å². The molecule has 1 unspecified atom stereocenters. The van der Waals surface area contributed by atoms with Crippen molar-refractivity contribution in [1.82, 2.24) is 0 Å². The van der Waals surface area contributed by atoms with Crippen molar-refractivity contribution in [3.63, 3.8) is 0 Å². The van der Waals surface area contributed by atoms with E-state index in [1.54, 1.807) is 0 Å². The van der Waals surface area contributed by atoms with Crippen LogP contribution < -0.4 is 4.52 Å². The van der Waals surface area contributed by atoms with Gasteiger partial charge in [-0.15, -0.1) is 0 Å². The zero-order chi connectivity index (χ0) is 16.4. The van der Waals surface area contributed by atoms with Crippen LogP contribution in [0.3, 0.4) is 0 Å². The van der Waals surface area contributed by atoms with Crippen molar-refractivity contribution in [2.24, 2.45) is 0 Å². The van der Waals surface area contributed by atoms with Crippen LogP contribution in [-0.2, 0) is 21.8 Å². The fourth-order valence-corrected chi connectivity index (χ4v) is 2.61. The summed E-state index contributed by atoms with van der Waals surface area (Å²) >= 11 is 0. The van der Waals surface area contributed by atoms with E-state index in [0.29, 0.717) is 0 Å². The summed E-state index contributed by atoms with van der Waals surface area (Å²) in [5.74, 6) is 0.772. The average molecular weight is 312 g/mol. The van der Waals surface area contributed by atoms with Crippen LogP contribution in [0.2, 0.25) is 0 Å². The highest BCUT2D eigenvalue weighted by molar-refractivity contribution is 7.41. The molecule has 1 aromatic rings. The number of benzene rings is 1. The lowest BCUT2D eigenvalue weighted by molar-refractivity contribution is 0.313. The molecular weight excluding hydrogens is 283 g/mol. The van der Waals surface area contributed by atoms with Crippen LogP contribution in [0.5, 0.6) is 5.75 Å². The van der Waals surface area contributed by atoms with Crippen LogP contribution in [0.15, 0.2) is 12.1 Å². The molecule has 0 saturated heterocycles. The molecule has 0 saturated carbocycles. The first-order chi connectivity index (χ1) is 9.50. The molecule has 1 N–H and O–H groups in total. The molecule has 0 bridgehead atoms. The minimum Gasteiger partial charge on any atom is -0.426 e. The Kier molecular flexibility index (Phi) is 5.83. The molecule has 4 heteroatoms. The van der Waals surface area contributed by atoms with Crippen LogP contribution in [0.25, 0.3) is 0 Å². The molecule has 0 spiro atoms. The molecule has 0 radical (unpaired) electrons. The van der Waals surface area contributed by atoms with Gasteiger partial charge in [-0.25, -0.2) is 0 Å². The van der Waals surface area contributed by atoms with E-state index in [-0.39, 0.29) is 10.8 Å². The number of rotatable bonds is 4. The zero-order valence-corrected chi connectivity index (χ0v) is 15.5. The monoisotopic (exact) mass is 312 g/mol. The van der Waals surface area contributed by atoms with Gasteiger partial charge in [0.2, 0.25) is 0 Å². The second kappa shape index (κ2) is 6.64. The van der Waals surface area contributed by atoms with Crippen molar-refractivity contribution < 1.29 is 13.9 Å². The summed E-state index contributed by atoms with van der Waals surface area (Å²) in [4.78, 5) is 9.77. The van der Waals surface area contributed by atoms with Gasteiger partial charge < -0.3 is 13.9 Å². The summed E-state index contributed by atoms with van der Waals surface area (Å²) in [5, 5.41) is 0.